The second-order valence-electron chi connectivity index (χ2n) is 7.00. The number of anilines is 1. The Morgan fingerprint density at radius 1 is 1.11 bits per heavy atom. The lowest BCUT2D eigenvalue weighted by atomic mass is 10.1. The van der Waals surface area contributed by atoms with Gasteiger partial charge in [-0.05, 0) is 43.4 Å². The molecule has 0 unspecified atom stereocenters. The van der Waals surface area contributed by atoms with Crippen LogP contribution < -0.4 is 4.90 Å². The van der Waals surface area contributed by atoms with Crippen molar-refractivity contribution in [1.29, 1.82) is 0 Å². The molecule has 27 heavy (non-hydrogen) atoms. The Morgan fingerprint density at radius 2 is 2.00 bits per heavy atom. The third kappa shape index (κ3) is 4.52. The maximum atomic E-state index is 9.82. The predicted octanol–water partition coefficient (Wildman–Crippen LogP) is 3.27. The Morgan fingerprint density at radius 3 is 2.78 bits per heavy atom. The molecule has 0 bridgehead atoms. The van der Waals surface area contributed by atoms with E-state index in [9.17, 15) is 5.11 Å². The van der Waals surface area contributed by atoms with Gasteiger partial charge in [0.25, 0.3) is 5.89 Å². The summed E-state index contributed by atoms with van der Waals surface area (Å²) in [6.45, 7) is 1.56. The zero-order valence-corrected chi connectivity index (χ0v) is 15.3. The van der Waals surface area contributed by atoms with Crippen LogP contribution >= 0.6 is 0 Å². The molecule has 0 aliphatic carbocycles. The quantitative estimate of drug-likeness (QED) is 0.723. The van der Waals surface area contributed by atoms with E-state index in [1.807, 2.05) is 18.2 Å². The summed E-state index contributed by atoms with van der Waals surface area (Å²) >= 11 is 0. The number of pyridine rings is 1. The predicted molar refractivity (Wildman–Crippen MR) is 103 cm³/mol. The fraction of sp³-hybridized carbons (Fsp3) is 0.381. The van der Waals surface area contributed by atoms with E-state index in [4.69, 9.17) is 4.52 Å². The number of nitrogens with zero attached hydrogens (tertiary/aromatic N) is 4. The minimum Gasteiger partial charge on any atom is -0.391 e. The average Bonchev–Trinajstić information content (AvgIpc) is 3.18. The Bertz CT molecular complexity index is 848. The molecule has 1 aromatic carbocycles. The molecule has 0 spiro atoms. The Kier molecular flexibility index (Phi) is 5.44. The molecule has 6 heteroatoms. The Hall–Kier alpha value is -2.73. The van der Waals surface area contributed by atoms with Crippen molar-refractivity contribution in [3.05, 3.63) is 60.0 Å². The summed E-state index contributed by atoms with van der Waals surface area (Å²) < 4.78 is 5.40. The van der Waals surface area contributed by atoms with Gasteiger partial charge in [0.15, 0.2) is 5.82 Å². The average molecular weight is 364 g/mol. The molecular weight excluding hydrogens is 340 g/mol. The summed E-state index contributed by atoms with van der Waals surface area (Å²) in [5.41, 5.74) is 2.14. The number of β-amino-alcohol motifs (C(OH)–C–C–N with tert-alkyl or cyclic N) is 1. The van der Waals surface area contributed by atoms with Crippen molar-refractivity contribution < 1.29 is 9.63 Å². The first-order valence-corrected chi connectivity index (χ1v) is 9.54. The van der Waals surface area contributed by atoms with Gasteiger partial charge in [-0.3, -0.25) is 0 Å². The number of hydrogen-bond donors (Lipinski definition) is 1. The number of benzene rings is 1. The number of aromatic nitrogens is 3. The summed E-state index contributed by atoms with van der Waals surface area (Å²) in [6.07, 6.45) is 6.12. The van der Waals surface area contributed by atoms with Crippen molar-refractivity contribution in [2.45, 2.75) is 38.2 Å². The van der Waals surface area contributed by atoms with Crippen LogP contribution in [0.25, 0.3) is 11.5 Å². The molecular formula is C21H24N4O2. The number of aryl methyl sites for hydroxylation is 2. The molecule has 0 radical (unpaired) electrons. The molecule has 1 saturated heterocycles. The van der Waals surface area contributed by atoms with Crippen LogP contribution in [0.1, 0.15) is 30.7 Å². The third-order valence-corrected chi connectivity index (χ3v) is 4.89. The first kappa shape index (κ1) is 17.7. The monoisotopic (exact) mass is 364 g/mol. The van der Waals surface area contributed by atoms with Crippen molar-refractivity contribution in [2.24, 2.45) is 0 Å². The molecule has 140 valence electrons. The highest BCUT2D eigenvalue weighted by Crippen LogP contribution is 2.22. The van der Waals surface area contributed by atoms with Gasteiger partial charge >= 0.3 is 0 Å². The SMILES string of the molecule is O[C@H]1CCCN(c2ccc(-c3nc(CCCc4ccccc4)no3)cn2)C1. The fourth-order valence-electron chi connectivity index (χ4n) is 3.43. The van der Waals surface area contributed by atoms with Crippen LogP contribution in [-0.4, -0.2) is 39.4 Å². The molecule has 4 rings (SSSR count). The van der Waals surface area contributed by atoms with E-state index in [0.717, 1.165) is 55.9 Å². The molecule has 3 heterocycles. The van der Waals surface area contributed by atoms with E-state index < -0.39 is 0 Å². The molecule has 0 saturated carbocycles. The number of rotatable bonds is 6. The maximum absolute atomic E-state index is 9.82. The van der Waals surface area contributed by atoms with Crippen molar-refractivity contribution in [3.63, 3.8) is 0 Å². The first-order valence-electron chi connectivity index (χ1n) is 9.54. The molecule has 6 nitrogen and oxygen atoms in total. The summed E-state index contributed by atoms with van der Waals surface area (Å²) in [5.74, 6) is 2.10. The smallest absolute Gasteiger partial charge is 0.259 e. The van der Waals surface area contributed by atoms with Gasteiger partial charge in [-0.1, -0.05) is 35.5 Å². The van der Waals surface area contributed by atoms with Crippen molar-refractivity contribution in [1.82, 2.24) is 15.1 Å². The lowest BCUT2D eigenvalue weighted by Crippen LogP contribution is -2.38. The Balaban J connectivity index is 1.35. The highest BCUT2D eigenvalue weighted by Gasteiger charge is 2.19. The third-order valence-electron chi connectivity index (χ3n) is 4.89. The molecule has 1 aliphatic rings. The van der Waals surface area contributed by atoms with E-state index >= 15 is 0 Å². The summed E-state index contributed by atoms with van der Waals surface area (Å²) in [7, 11) is 0. The topological polar surface area (TPSA) is 75.3 Å². The van der Waals surface area contributed by atoms with Gasteiger partial charge in [-0.25, -0.2) is 4.98 Å². The van der Waals surface area contributed by atoms with Gasteiger partial charge in [0, 0.05) is 25.7 Å². The van der Waals surface area contributed by atoms with E-state index in [0.29, 0.717) is 12.4 Å². The molecule has 1 aliphatic heterocycles. The lowest BCUT2D eigenvalue weighted by Gasteiger charge is -2.30. The number of aliphatic hydroxyl groups is 1. The fourth-order valence-corrected chi connectivity index (χ4v) is 3.43. The summed E-state index contributed by atoms with van der Waals surface area (Å²) in [4.78, 5) is 11.1. The summed E-state index contributed by atoms with van der Waals surface area (Å²) in [5, 5.41) is 13.9. The molecule has 1 fully saturated rings. The van der Waals surface area contributed by atoms with Crippen LogP contribution in [0.3, 0.4) is 0 Å². The first-order chi connectivity index (χ1) is 13.3. The lowest BCUT2D eigenvalue weighted by molar-refractivity contribution is 0.154. The molecule has 1 N–H and O–H groups in total. The Labute approximate surface area is 158 Å². The largest absolute Gasteiger partial charge is 0.391 e. The number of aliphatic hydroxyl groups excluding tert-OH is 1. The van der Waals surface area contributed by atoms with Gasteiger partial charge < -0.3 is 14.5 Å². The van der Waals surface area contributed by atoms with Crippen LogP contribution in [-0.2, 0) is 12.8 Å². The summed E-state index contributed by atoms with van der Waals surface area (Å²) in [6, 6.07) is 14.3. The number of piperidine rings is 1. The van der Waals surface area contributed by atoms with Crippen molar-refractivity contribution >= 4 is 5.82 Å². The second kappa shape index (κ2) is 8.31. The molecule has 3 aromatic rings. The van der Waals surface area contributed by atoms with E-state index in [-0.39, 0.29) is 6.10 Å². The highest BCUT2D eigenvalue weighted by molar-refractivity contribution is 5.54. The minimum atomic E-state index is -0.269. The van der Waals surface area contributed by atoms with Crippen LogP contribution in [0.4, 0.5) is 5.82 Å². The van der Waals surface area contributed by atoms with Crippen LogP contribution in [0, 0.1) is 0 Å². The zero-order chi connectivity index (χ0) is 18.5. The van der Waals surface area contributed by atoms with Gasteiger partial charge in [0.05, 0.1) is 11.7 Å². The molecule has 2 aromatic heterocycles. The minimum absolute atomic E-state index is 0.269. The zero-order valence-electron chi connectivity index (χ0n) is 15.3. The van der Waals surface area contributed by atoms with E-state index in [1.165, 1.54) is 5.56 Å². The molecule has 1 atom stereocenters. The van der Waals surface area contributed by atoms with Gasteiger partial charge in [-0.2, -0.15) is 4.98 Å². The van der Waals surface area contributed by atoms with E-state index in [2.05, 4.69) is 44.3 Å². The van der Waals surface area contributed by atoms with Gasteiger partial charge in [-0.15, -0.1) is 0 Å². The number of hydrogen-bond acceptors (Lipinski definition) is 6. The van der Waals surface area contributed by atoms with E-state index in [1.54, 1.807) is 6.20 Å². The van der Waals surface area contributed by atoms with Crippen LogP contribution in [0.2, 0.25) is 0 Å². The van der Waals surface area contributed by atoms with Crippen LogP contribution in [0.15, 0.2) is 53.2 Å². The van der Waals surface area contributed by atoms with Gasteiger partial charge in [0.1, 0.15) is 5.82 Å². The molecule has 0 amide bonds. The van der Waals surface area contributed by atoms with Gasteiger partial charge in [0.2, 0.25) is 0 Å². The standard InChI is InChI=1S/C21H24N4O2/c26-18-9-5-13-25(15-18)20-12-11-17(14-22-20)21-23-19(24-27-21)10-4-8-16-6-2-1-3-7-16/h1-3,6-7,11-12,14,18,26H,4-5,8-10,13,15H2/t18-/m0/s1. The maximum Gasteiger partial charge on any atom is 0.259 e. The normalized spacial score (nSPS) is 17.2. The van der Waals surface area contributed by atoms with Crippen molar-refractivity contribution in [3.8, 4) is 11.5 Å². The highest BCUT2D eigenvalue weighted by atomic mass is 16.5. The second-order valence-corrected chi connectivity index (χ2v) is 7.00. The van der Waals surface area contributed by atoms with Crippen LogP contribution in [0.5, 0.6) is 0 Å². The van der Waals surface area contributed by atoms with Crippen molar-refractivity contribution in [2.75, 3.05) is 18.0 Å².